The third-order valence-electron chi connectivity index (χ3n) is 4.80. The lowest BCUT2D eigenvalue weighted by Gasteiger charge is -2.16. The first-order valence-electron chi connectivity index (χ1n) is 9.19. The molecule has 0 bridgehead atoms. The Labute approximate surface area is 160 Å². The van der Waals surface area contributed by atoms with E-state index < -0.39 is 0 Å². The molecule has 0 amide bonds. The fourth-order valence-corrected chi connectivity index (χ4v) is 3.67. The van der Waals surface area contributed by atoms with Crippen LogP contribution in [0.4, 0.5) is 0 Å². The molecule has 1 aromatic heterocycles. The van der Waals surface area contributed by atoms with Gasteiger partial charge in [0.2, 0.25) is 0 Å². The summed E-state index contributed by atoms with van der Waals surface area (Å²) in [6.07, 6.45) is 1.88. The van der Waals surface area contributed by atoms with Crippen LogP contribution < -0.4 is 0 Å². The zero-order valence-electron chi connectivity index (χ0n) is 15.9. The van der Waals surface area contributed by atoms with Crippen molar-refractivity contribution in [1.29, 1.82) is 0 Å². The van der Waals surface area contributed by atoms with Gasteiger partial charge in [-0.25, -0.2) is 4.98 Å². The molecule has 0 saturated carbocycles. The topological polar surface area (TPSA) is 25.8 Å². The largest absolute Gasteiger partial charge is 0.252 e. The van der Waals surface area contributed by atoms with E-state index in [1.54, 1.807) is 0 Å². The van der Waals surface area contributed by atoms with E-state index in [4.69, 9.17) is 9.97 Å². The van der Waals surface area contributed by atoms with Gasteiger partial charge in [-0.2, -0.15) is 0 Å². The van der Waals surface area contributed by atoms with Gasteiger partial charge in [0.05, 0.1) is 23.3 Å². The standard InChI is InChI=1S/C25H22N2/c1-17-14-18(2)23(19(3)15-17)25-24(21-12-8-5-9-13-21)26-16-22(27-25)20-10-6-4-7-11-20/h4-16H,1-3H3. The van der Waals surface area contributed by atoms with Gasteiger partial charge in [-0.3, -0.25) is 4.98 Å². The quantitative estimate of drug-likeness (QED) is 0.427. The van der Waals surface area contributed by atoms with Gasteiger partial charge < -0.3 is 0 Å². The van der Waals surface area contributed by atoms with Crippen molar-refractivity contribution in [2.24, 2.45) is 0 Å². The van der Waals surface area contributed by atoms with Gasteiger partial charge in [0, 0.05) is 16.7 Å². The lowest BCUT2D eigenvalue weighted by Crippen LogP contribution is -1.99. The summed E-state index contributed by atoms with van der Waals surface area (Å²) in [7, 11) is 0. The lowest BCUT2D eigenvalue weighted by molar-refractivity contribution is 1.19. The van der Waals surface area contributed by atoms with E-state index in [1.807, 2.05) is 42.6 Å². The Balaban J connectivity index is 2.00. The highest BCUT2D eigenvalue weighted by Gasteiger charge is 2.17. The highest BCUT2D eigenvalue weighted by Crippen LogP contribution is 2.35. The second-order valence-electron chi connectivity index (χ2n) is 6.96. The molecule has 0 N–H and O–H groups in total. The van der Waals surface area contributed by atoms with Crippen LogP contribution in [0.25, 0.3) is 33.8 Å². The van der Waals surface area contributed by atoms with Crippen molar-refractivity contribution in [2.75, 3.05) is 0 Å². The summed E-state index contributed by atoms with van der Waals surface area (Å²) in [5, 5.41) is 0. The number of aryl methyl sites for hydroxylation is 3. The van der Waals surface area contributed by atoms with Crippen LogP contribution in [0, 0.1) is 20.8 Å². The molecule has 0 fully saturated rings. The fourth-order valence-electron chi connectivity index (χ4n) is 3.67. The molecule has 0 atom stereocenters. The molecule has 2 nitrogen and oxygen atoms in total. The van der Waals surface area contributed by atoms with Gasteiger partial charge in [-0.15, -0.1) is 0 Å². The summed E-state index contributed by atoms with van der Waals surface area (Å²) in [5.41, 5.74) is 9.81. The molecule has 132 valence electrons. The van der Waals surface area contributed by atoms with Crippen LogP contribution in [0.15, 0.2) is 79.0 Å². The maximum atomic E-state index is 5.08. The van der Waals surface area contributed by atoms with E-state index in [-0.39, 0.29) is 0 Å². The van der Waals surface area contributed by atoms with Crippen LogP contribution in [0.3, 0.4) is 0 Å². The fraction of sp³-hybridized carbons (Fsp3) is 0.120. The molecule has 2 heteroatoms. The number of nitrogens with zero attached hydrogens (tertiary/aromatic N) is 2. The normalized spacial score (nSPS) is 10.8. The average molecular weight is 350 g/mol. The van der Waals surface area contributed by atoms with E-state index in [9.17, 15) is 0 Å². The maximum Gasteiger partial charge on any atom is 0.0978 e. The average Bonchev–Trinajstić information content (AvgIpc) is 2.68. The highest BCUT2D eigenvalue weighted by molar-refractivity contribution is 5.82. The predicted molar refractivity (Wildman–Crippen MR) is 113 cm³/mol. The maximum absolute atomic E-state index is 5.08. The second-order valence-corrected chi connectivity index (χ2v) is 6.96. The molecule has 4 rings (SSSR count). The third kappa shape index (κ3) is 3.39. The Bertz CT molecular complexity index is 1060. The third-order valence-corrected chi connectivity index (χ3v) is 4.80. The van der Waals surface area contributed by atoms with E-state index in [2.05, 4.69) is 57.2 Å². The van der Waals surface area contributed by atoms with Crippen LogP contribution in [0.5, 0.6) is 0 Å². The molecule has 0 aliphatic heterocycles. The number of hydrogen-bond acceptors (Lipinski definition) is 2. The summed E-state index contributed by atoms with van der Waals surface area (Å²) < 4.78 is 0. The van der Waals surface area contributed by atoms with Gasteiger partial charge in [-0.05, 0) is 31.9 Å². The Morgan fingerprint density at radius 1 is 0.630 bits per heavy atom. The van der Waals surface area contributed by atoms with Crippen molar-refractivity contribution in [1.82, 2.24) is 9.97 Å². The lowest BCUT2D eigenvalue weighted by atomic mass is 9.94. The summed E-state index contributed by atoms with van der Waals surface area (Å²) in [5.74, 6) is 0. The van der Waals surface area contributed by atoms with Crippen LogP contribution in [-0.4, -0.2) is 9.97 Å². The number of benzene rings is 3. The second kappa shape index (κ2) is 7.16. The summed E-state index contributed by atoms with van der Waals surface area (Å²) >= 11 is 0. The molecule has 0 spiro atoms. The smallest absolute Gasteiger partial charge is 0.0978 e. The van der Waals surface area contributed by atoms with Crippen molar-refractivity contribution in [2.45, 2.75) is 20.8 Å². The zero-order chi connectivity index (χ0) is 18.8. The van der Waals surface area contributed by atoms with Crippen molar-refractivity contribution >= 4 is 0 Å². The molecule has 0 aliphatic carbocycles. The molecule has 0 aliphatic rings. The van der Waals surface area contributed by atoms with Gasteiger partial charge in [0.1, 0.15) is 0 Å². The van der Waals surface area contributed by atoms with E-state index in [0.717, 1.165) is 28.2 Å². The number of hydrogen-bond donors (Lipinski definition) is 0. The van der Waals surface area contributed by atoms with Gasteiger partial charge in [0.25, 0.3) is 0 Å². The molecule has 0 saturated heterocycles. The van der Waals surface area contributed by atoms with E-state index in [1.165, 1.54) is 22.3 Å². The Morgan fingerprint density at radius 2 is 1.19 bits per heavy atom. The van der Waals surface area contributed by atoms with Crippen LogP contribution in [-0.2, 0) is 0 Å². The predicted octanol–water partition coefficient (Wildman–Crippen LogP) is 6.40. The minimum atomic E-state index is 0.893. The summed E-state index contributed by atoms with van der Waals surface area (Å²) in [4.78, 5) is 9.92. The van der Waals surface area contributed by atoms with E-state index >= 15 is 0 Å². The molecular formula is C25H22N2. The van der Waals surface area contributed by atoms with Crippen molar-refractivity contribution < 1.29 is 0 Å². The minimum Gasteiger partial charge on any atom is -0.252 e. The van der Waals surface area contributed by atoms with Gasteiger partial charge >= 0.3 is 0 Å². The van der Waals surface area contributed by atoms with E-state index in [0.29, 0.717) is 0 Å². The van der Waals surface area contributed by atoms with Crippen molar-refractivity contribution in [3.05, 3.63) is 95.7 Å². The molecule has 1 heterocycles. The molecule has 0 unspecified atom stereocenters. The summed E-state index contributed by atoms with van der Waals surface area (Å²) in [6, 6.07) is 25.0. The SMILES string of the molecule is Cc1cc(C)c(-c2nc(-c3ccccc3)cnc2-c2ccccc2)c(C)c1. The first kappa shape index (κ1) is 17.2. The van der Waals surface area contributed by atoms with Crippen LogP contribution in [0.1, 0.15) is 16.7 Å². The van der Waals surface area contributed by atoms with Crippen LogP contribution >= 0.6 is 0 Å². The number of rotatable bonds is 3. The molecule has 0 radical (unpaired) electrons. The number of aromatic nitrogens is 2. The first-order chi connectivity index (χ1) is 13.1. The molecule has 4 aromatic rings. The Kier molecular flexibility index (Phi) is 4.55. The summed E-state index contributed by atoms with van der Waals surface area (Å²) in [6.45, 7) is 6.44. The Hall–Kier alpha value is -3.26. The molecular weight excluding hydrogens is 328 g/mol. The first-order valence-corrected chi connectivity index (χ1v) is 9.19. The monoisotopic (exact) mass is 350 g/mol. The van der Waals surface area contributed by atoms with Gasteiger partial charge in [0.15, 0.2) is 0 Å². The highest BCUT2D eigenvalue weighted by atomic mass is 14.8. The molecule has 27 heavy (non-hydrogen) atoms. The van der Waals surface area contributed by atoms with Crippen molar-refractivity contribution in [3.8, 4) is 33.8 Å². The van der Waals surface area contributed by atoms with Gasteiger partial charge in [-0.1, -0.05) is 78.4 Å². The van der Waals surface area contributed by atoms with Crippen molar-refractivity contribution in [3.63, 3.8) is 0 Å². The Morgan fingerprint density at radius 3 is 1.78 bits per heavy atom. The van der Waals surface area contributed by atoms with Crippen LogP contribution in [0.2, 0.25) is 0 Å². The molecule has 3 aromatic carbocycles. The zero-order valence-corrected chi connectivity index (χ0v) is 15.9. The minimum absolute atomic E-state index is 0.893.